The fraction of sp³-hybridized carbons (Fsp3) is 0.692. The molecule has 0 bridgehead atoms. The van der Waals surface area contributed by atoms with Crippen LogP contribution in [-0.2, 0) is 4.74 Å². The molecule has 1 fully saturated rings. The van der Waals surface area contributed by atoms with Crippen molar-refractivity contribution in [3.05, 3.63) is 10.7 Å². The van der Waals surface area contributed by atoms with E-state index in [0.717, 1.165) is 42.8 Å². The number of hydrogen-bond donors (Lipinski definition) is 2. The largest absolute Gasteiger partial charge is 0.378 e. The smallest absolute Gasteiger partial charge is 0.224 e. The van der Waals surface area contributed by atoms with E-state index in [0.29, 0.717) is 12.1 Å². The summed E-state index contributed by atoms with van der Waals surface area (Å²) in [5.41, 5.74) is 0. The minimum atomic E-state index is 0.408. The summed E-state index contributed by atoms with van der Waals surface area (Å²) in [6.07, 6.45) is 6.63. The molecule has 1 saturated heterocycles. The molecule has 2 N–H and O–H groups in total. The molecule has 1 unspecified atom stereocenters. The Bertz CT molecular complexity index is 396. The Hall–Kier alpha value is -0.880. The van der Waals surface area contributed by atoms with Crippen LogP contribution in [0, 0.1) is 0 Å². The zero-order chi connectivity index (χ0) is 13.5. The lowest BCUT2D eigenvalue weighted by Crippen LogP contribution is -2.14. The first-order valence-electron chi connectivity index (χ1n) is 6.91. The Morgan fingerprint density at radius 3 is 3.05 bits per heavy atom. The van der Waals surface area contributed by atoms with Crippen molar-refractivity contribution in [1.29, 1.82) is 0 Å². The average Bonchev–Trinajstić information content (AvgIpc) is 2.92. The summed E-state index contributed by atoms with van der Waals surface area (Å²) in [5, 5.41) is 6.52. The third-order valence-electron chi connectivity index (χ3n) is 3.06. The number of hydrogen-bond acceptors (Lipinski definition) is 5. The second-order valence-electron chi connectivity index (χ2n) is 4.67. The molecule has 0 aromatic carbocycles. The van der Waals surface area contributed by atoms with Crippen LogP contribution >= 0.6 is 15.9 Å². The lowest BCUT2D eigenvalue weighted by atomic mass is 10.2. The number of rotatable bonds is 7. The second-order valence-corrected chi connectivity index (χ2v) is 5.52. The average molecular weight is 329 g/mol. The molecule has 106 valence electrons. The minimum absolute atomic E-state index is 0.408. The molecule has 1 aliphatic rings. The standard InChI is InChI=1S/C13H21BrN4O/c1-2-6-16-13-17-9-11(14)12(18-13)15-7-5-10-4-3-8-19-10/h9-10H,2-8H2,1H3,(H2,15,16,17,18). The molecule has 5 nitrogen and oxygen atoms in total. The van der Waals surface area contributed by atoms with Crippen LogP contribution in [0.1, 0.15) is 32.6 Å². The van der Waals surface area contributed by atoms with Crippen molar-refractivity contribution >= 4 is 27.7 Å². The first-order valence-corrected chi connectivity index (χ1v) is 7.70. The van der Waals surface area contributed by atoms with Gasteiger partial charge in [0.1, 0.15) is 5.82 Å². The van der Waals surface area contributed by atoms with Crippen molar-refractivity contribution in [3.8, 4) is 0 Å². The van der Waals surface area contributed by atoms with Crippen molar-refractivity contribution in [2.45, 2.75) is 38.7 Å². The molecule has 1 aromatic heterocycles. The molecule has 6 heteroatoms. The summed E-state index contributed by atoms with van der Waals surface area (Å²) >= 11 is 3.47. The van der Waals surface area contributed by atoms with Crippen LogP contribution < -0.4 is 10.6 Å². The van der Waals surface area contributed by atoms with Crippen LogP contribution in [0.25, 0.3) is 0 Å². The molecule has 0 aliphatic carbocycles. The van der Waals surface area contributed by atoms with Crippen molar-refractivity contribution in [2.75, 3.05) is 30.3 Å². The maximum absolute atomic E-state index is 5.60. The number of anilines is 2. The summed E-state index contributed by atoms with van der Waals surface area (Å²) in [4.78, 5) is 8.68. The summed E-state index contributed by atoms with van der Waals surface area (Å²) in [6.45, 7) is 4.78. The molecule has 1 aromatic rings. The highest BCUT2D eigenvalue weighted by Gasteiger charge is 2.15. The maximum atomic E-state index is 5.60. The van der Waals surface area contributed by atoms with Gasteiger partial charge in [0.15, 0.2) is 0 Å². The van der Waals surface area contributed by atoms with Gasteiger partial charge in [0, 0.05) is 25.9 Å². The van der Waals surface area contributed by atoms with E-state index in [-0.39, 0.29) is 0 Å². The quantitative estimate of drug-likeness (QED) is 0.805. The van der Waals surface area contributed by atoms with E-state index in [2.05, 4.69) is 43.5 Å². The lowest BCUT2D eigenvalue weighted by Gasteiger charge is -2.12. The molecular weight excluding hydrogens is 308 g/mol. The van der Waals surface area contributed by atoms with Gasteiger partial charge in [-0.05, 0) is 41.6 Å². The van der Waals surface area contributed by atoms with Crippen LogP contribution in [0.4, 0.5) is 11.8 Å². The van der Waals surface area contributed by atoms with Crippen molar-refractivity contribution in [2.24, 2.45) is 0 Å². The van der Waals surface area contributed by atoms with Crippen molar-refractivity contribution < 1.29 is 4.74 Å². The van der Waals surface area contributed by atoms with Gasteiger partial charge in [0.05, 0.1) is 10.6 Å². The molecule has 2 rings (SSSR count). The molecule has 19 heavy (non-hydrogen) atoms. The van der Waals surface area contributed by atoms with Crippen LogP contribution in [0.2, 0.25) is 0 Å². The second kappa shape index (κ2) is 7.65. The highest BCUT2D eigenvalue weighted by Crippen LogP contribution is 2.21. The highest BCUT2D eigenvalue weighted by atomic mass is 79.9. The highest BCUT2D eigenvalue weighted by molar-refractivity contribution is 9.10. The monoisotopic (exact) mass is 328 g/mol. The van der Waals surface area contributed by atoms with E-state index in [4.69, 9.17) is 4.74 Å². The first kappa shape index (κ1) is 14.5. The molecule has 2 heterocycles. The summed E-state index contributed by atoms with van der Waals surface area (Å²) in [5.74, 6) is 1.51. The molecular formula is C13H21BrN4O. The van der Waals surface area contributed by atoms with Crippen LogP contribution in [-0.4, -0.2) is 35.8 Å². The minimum Gasteiger partial charge on any atom is -0.378 e. The molecule has 0 saturated carbocycles. The van der Waals surface area contributed by atoms with Crippen LogP contribution in [0.15, 0.2) is 10.7 Å². The lowest BCUT2D eigenvalue weighted by molar-refractivity contribution is 0.107. The normalized spacial score (nSPS) is 18.5. The number of nitrogens with one attached hydrogen (secondary N) is 2. The number of halogens is 1. The van der Waals surface area contributed by atoms with Gasteiger partial charge in [0.2, 0.25) is 5.95 Å². The van der Waals surface area contributed by atoms with Crippen LogP contribution in [0.3, 0.4) is 0 Å². The van der Waals surface area contributed by atoms with E-state index in [1.807, 2.05) is 0 Å². The fourth-order valence-electron chi connectivity index (χ4n) is 2.04. The number of nitrogens with zero attached hydrogens (tertiary/aromatic N) is 2. The predicted octanol–water partition coefficient (Wildman–Crippen LogP) is 3.04. The van der Waals surface area contributed by atoms with E-state index in [1.165, 1.54) is 12.8 Å². The van der Waals surface area contributed by atoms with Gasteiger partial charge < -0.3 is 15.4 Å². The molecule has 1 aliphatic heterocycles. The summed E-state index contributed by atoms with van der Waals surface area (Å²) in [6, 6.07) is 0. The Kier molecular flexibility index (Phi) is 5.85. The number of aromatic nitrogens is 2. The Morgan fingerprint density at radius 1 is 1.42 bits per heavy atom. The third-order valence-corrected chi connectivity index (χ3v) is 3.64. The Labute approximate surface area is 122 Å². The summed E-state index contributed by atoms with van der Waals surface area (Å²) < 4.78 is 6.49. The van der Waals surface area contributed by atoms with Gasteiger partial charge in [-0.2, -0.15) is 4.98 Å². The zero-order valence-corrected chi connectivity index (χ0v) is 12.9. The van der Waals surface area contributed by atoms with E-state index in [1.54, 1.807) is 6.20 Å². The molecule has 0 amide bonds. The van der Waals surface area contributed by atoms with E-state index < -0.39 is 0 Å². The molecule has 0 spiro atoms. The third kappa shape index (κ3) is 4.62. The zero-order valence-electron chi connectivity index (χ0n) is 11.3. The first-order chi connectivity index (χ1) is 9.29. The number of ether oxygens (including phenoxy) is 1. The van der Waals surface area contributed by atoms with Gasteiger partial charge in [-0.15, -0.1) is 0 Å². The predicted molar refractivity (Wildman–Crippen MR) is 80.6 cm³/mol. The van der Waals surface area contributed by atoms with E-state index in [9.17, 15) is 0 Å². The fourth-order valence-corrected chi connectivity index (χ4v) is 2.37. The van der Waals surface area contributed by atoms with Crippen LogP contribution in [0.5, 0.6) is 0 Å². The SMILES string of the molecule is CCCNc1ncc(Br)c(NCCC2CCCO2)n1. The van der Waals surface area contributed by atoms with Crippen molar-refractivity contribution in [1.82, 2.24) is 9.97 Å². The Balaban J connectivity index is 1.83. The topological polar surface area (TPSA) is 59.1 Å². The molecule has 0 radical (unpaired) electrons. The maximum Gasteiger partial charge on any atom is 0.224 e. The van der Waals surface area contributed by atoms with Gasteiger partial charge in [-0.1, -0.05) is 6.92 Å². The van der Waals surface area contributed by atoms with Crippen molar-refractivity contribution in [3.63, 3.8) is 0 Å². The van der Waals surface area contributed by atoms with Gasteiger partial charge >= 0.3 is 0 Å². The molecule has 1 atom stereocenters. The summed E-state index contributed by atoms with van der Waals surface area (Å²) in [7, 11) is 0. The van der Waals surface area contributed by atoms with Gasteiger partial charge in [-0.25, -0.2) is 4.98 Å². The van der Waals surface area contributed by atoms with Gasteiger partial charge in [-0.3, -0.25) is 0 Å². The Morgan fingerprint density at radius 2 is 2.32 bits per heavy atom. The van der Waals surface area contributed by atoms with Gasteiger partial charge in [0.25, 0.3) is 0 Å². The van der Waals surface area contributed by atoms with E-state index >= 15 is 0 Å².